The molecule has 1 unspecified atom stereocenters. The number of rotatable bonds is 6. The van der Waals surface area contributed by atoms with E-state index in [1.54, 1.807) is 0 Å². The number of aliphatic carboxylic acids is 1. The van der Waals surface area contributed by atoms with E-state index in [4.69, 9.17) is 4.74 Å². The molecular weight excluding hydrogens is 366 g/mol. The number of carbonyl (C=O) groups is 2. The van der Waals surface area contributed by atoms with Crippen LogP contribution in [0.15, 0.2) is 48.5 Å². The van der Waals surface area contributed by atoms with Crippen LogP contribution in [-0.4, -0.2) is 40.8 Å². The standard InChI is InChI=1S/C24H25NO4/c26-23(27)22(15-6-5-7-15)25(16-12-13-16)24(28)29-14-21-19-10-3-1-8-17(19)18-9-2-4-11-20(18)21/h1-4,8-11,15-16,21-22H,5-7,12-14H2,(H,26,27). The second kappa shape index (κ2) is 7.21. The van der Waals surface area contributed by atoms with Gasteiger partial charge in [-0.15, -0.1) is 0 Å². The minimum Gasteiger partial charge on any atom is -0.480 e. The molecule has 29 heavy (non-hydrogen) atoms. The molecule has 0 heterocycles. The maximum atomic E-state index is 13.0. The predicted octanol–water partition coefficient (Wildman–Crippen LogP) is 4.65. The second-order valence-corrected chi connectivity index (χ2v) is 8.42. The second-order valence-electron chi connectivity index (χ2n) is 8.42. The van der Waals surface area contributed by atoms with Crippen LogP contribution < -0.4 is 0 Å². The summed E-state index contributed by atoms with van der Waals surface area (Å²) in [5.41, 5.74) is 4.68. The molecule has 5 nitrogen and oxygen atoms in total. The first-order valence-corrected chi connectivity index (χ1v) is 10.5. The number of hydrogen-bond acceptors (Lipinski definition) is 3. The predicted molar refractivity (Wildman–Crippen MR) is 109 cm³/mol. The monoisotopic (exact) mass is 391 g/mol. The Labute approximate surface area is 170 Å². The highest BCUT2D eigenvalue weighted by atomic mass is 16.6. The van der Waals surface area contributed by atoms with E-state index < -0.39 is 18.1 Å². The molecule has 5 rings (SSSR count). The highest BCUT2D eigenvalue weighted by Crippen LogP contribution is 2.45. The fourth-order valence-corrected chi connectivity index (χ4v) is 4.81. The minimum absolute atomic E-state index is 0.00681. The molecule has 0 spiro atoms. The molecule has 0 radical (unpaired) electrons. The fraction of sp³-hybridized carbons (Fsp3) is 0.417. The van der Waals surface area contributed by atoms with E-state index in [1.807, 2.05) is 24.3 Å². The van der Waals surface area contributed by atoms with Gasteiger partial charge in [-0.2, -0.15) is 0 Å². The summed E-state index contributed by atoms with van der Waals surface area (Å²) in [6, 6.07) is 15.7. The summed E-state index contributed by atoms with van der Waals surface area (Å²) >= 11 is 0. The number of carboxylic acid groups (broad SMARTS) is 1. The molecule has 0 bridgehead atoms. The highest BCUT2D eigenvalue weighted by molar-refractivity contribution is 5.82. The quantitative estimate of drug-likeness (QED) is 0.778. The third-order valence-corrected chi connectivity index (χ3v) is 6.64. The number of benzene rings is 2. The van der Waals surface area contributed by atoms with Crippen LogP contribution in [0.4, 0.5) is 4.79 Å². The van der Waals surface area contributed by atoms with Gasteiger partial charge in [0.05, 0.1) is 0 Å². The van der Waals surface area contributed by atoms with Crippen molar-refractivity contribution in [3.05, 3.63) is 59.7 Å². The molecule has 2 aromatic carbocycles. The lowest BCUT2D eigenvalue weighted by molar-refractivity contribution is -0.146. The van der Waals surface area contributed by atoms with Crippen molar-refractivity contribution in [2.75, 3.05) is 6.61 Å². The molecule has 3 aliphatic carbocycles. The van der Waals surface area contributed by atoms with E-state index in [2.05, 4.69) is 24.3 Å². The minimum atomic E-state index is -0.907. The summed E-state index contributed by atoms with van der Waals surface area (Å²) in [6.45, 7) is 0.229. The number of fused-ring (bicyclic) bond motifs is 3. The van der Waals surface area contributed by atoms with Crippen LogP contribution >= 0.6 is 0 Å². The number of hydrogen-bond donors (Lipinski definition) is 1. The lowest BCUT2D eigenvalue weighted by Gasteiger charge is -2.38. The Hall–Kier alpha value is -2.82. The van der Waals surface area contributed by atoms with Gasteiger partial charge in [-0.1, -0.05) is 55.0 Å². The number of amides is 1. The molecule has 2 aromatic rings. The highest BCUT2D eigenvalue weighted by Gasteiger charge is 2.46. The zero-order chi connectivity index (χ0) is 20.0. The van der Waals surface area contributed by atoms with Crippen molar-refractivity contribution >= 4 is 12.1 Å². The van der Waals surface area contributed by atoms with Crippen LogP contribution in [0.1, 0.15) is 49.1 Å². The van der Waals surface area contributed by atoms with Gasteiger partial charge >= 0.3 is 12.1 Å². The summed E-state index contributed by atoms with van der Waals surface area (Å²) in [5, 5.41) is 9.80. The van der Waals surface area contributed by atoms with E-state index in [0.717, 1.165) is 43.2 Å². The fourth-order valence-electron chi connectivity index (χ4n) is 4.81. The smallest absolute Gasteiger partial charge is 0.410 e. The van der Waals surface area contributed by atoms with Gasteiger partial charge in [-0.3, -0.25) is 4.90 Å². The van der Waals surface area contributed by atoms with Crippen molar-refractivity contribution < 1.29 is 19.4 Å². The van der Waals surface area contributed by atoms with Crippen LogP contribution in [0.2, 0.25) is 0 Å². The van der Waals surface area contributed by atoms with Crippen molar-refractivity contribution in [2.45, 2.75) is 50.1 Å². The van der Waals surface area contributed by atoms with Crippen LogP contribution in [0.5, 0.6) is 0 Å². The van der Waals surface area contributed by atoms with Gasteiger partial charge in [-0.05, 0) is 53.9 Å². The average Bonchev–Trinajstić information content (AvgIpc) is 3.47. The van der Waals surface area contributed by atoms with Crippen LogP contribution in [0, 0.1) is 5.92 Å². The Morgan fingerprint density at radius 3 is 2.03 bits per heavy atom. The number of carboxylic acids is 1. The van der Waals surface area contributed by atoms with E-state index in [0.29, 0.717) is 0 Å². The van der Waals surface area contributed by atoms with Crippen molar-refractivity contribution in [1.82, 2.24) is 4.90 Å². The first-order chi connectivity index (χ1) is 14.1. The van der Waals surface area contributed by atoms with Crippen molar-refractivity contribution in [3.63, 3.8) is 0 Å². The van der Waals surface area contributed by atoms with Gasteiger partial charge in [0.2, 0.25) is 0 Å². The summed E-state index contributed by atoms with van der Waals surface area (Å²) in [5.74, 6) is -0.872. The third-order valence-electron chi connectivity index (χ3n) is 6.64. The first kappa shape index (κ1) is 18.2. The number of ether oxygens (including phenoxy) is 1. The van der Waals surface area contributed by atoms with Gasteiger partial charge in [0, 0.05) is 12.0 Å². The van der Waals surface area contributed by atoms with Crippen LogP contribution in [-0.2, 0) is 9.53 Å². The van der Waals surface area contributed by atoms with Crippen molar-refractivity contribution in [3.8, 4) is 11.1 Å². The van der Waals surface area contributed by atoms with Gasteiger partial charge in [-0.25, -0.2) is 9.59 Å². The molecule has 3 aliphatic rings. The normalized spacial score (nSPS) is 19.0. The topological polar surface area (TPSA) is 66.8 Å². The maximum absolute atomic E-state index is 13.0. The van der Waals surface area contributed by atoms with E-state index in [9.17, 15) is 14.7 Å². The number of carbonyl (C=O) groups excluding carboxylic acids is 1. The van der Waals surface area contributed by atoms with Crippen LogP contribution in [0.3, 0.4) is 0 Å². The Balaban J connectivity index is 1.36. The Morgan fingerprint density at radius 1 is 0.966 bits per heavy atom. The largest absolute Gasteiger partial charge is 0.480 e. The molecule has 0 saturated heterocycles. The van der Waals surface area contributed by atoms with Gasteiger partial charge in [0.25, 0.3) is 0 Å². The molecule has 2 fully saturated rings. The van der Waals surface area contributed by atoms with Gasteiger partial charge in [0.15, 0.2) is 0 Å². The molecule has 0 aromatic heterocycles. The molecule has 5 heteroatoms. The Kier molecular flexibility index (Phi) is 4.53. The Morgan fingerprint density at radius 2 is 1.55 bits per heavy atom. The summed E-state index contributed by atoms with van der Waals surface area (Å²) in [7, 11) is 0. The molecule has 1 N–H and O–H groups in total. The van der Waals surface area contributed by atoms with Gasteiger partial charge in [0.1, 0.15) is 12.6 Å². The van der Waals surface area contributed by atoms with E-state index in [-0.39, 0.29) is 24.5 Å². The lowest BCUT2D eigenvalue weighted by Crippen LogP contribution is -2.52. The molecule has 0 aliphatic heterocycles. The first-order valence-electron chi connectivity index (χ1n) is 10.5. The zero-order valence-corrected chi connectivity index (χ0v) is 16.3. The summed E-state index contributed by atoms with van der Waals surface area (Å²) in [6.07, 6.45) is 4.03. The summed E-state index contributed by atoms with van der Waals surface area (Å²) in [4.78, 5) is 26.5. The van der Waals surface area contributed by atoms with Crippen molar-refractivity contribution in [2.24, 2.45) is 5.92 Å². The van der Waals surface area contributed by atoms with E-state index >= 15 is 0 Å². The summed E-state index contributed by atoms with van der Waals surface area (Å²) < 4.78 is 5.78. The van der Waals surface area contributed by atoms with Crippen molar-refractivity contribution in [1.29, 1.82) is 0 Å². The Bertz CT molecular complexity index is 902. The van der Waals surface area contributed by atoms with Crippen LogP contribution in [0.25, 0.3) is 11.1 Å². The lowest BCUT2D eigenvalue weighted by atomic mass is 9.79. The molecule has 150 valence electrons. The molecule has 1 amide bonds. The number of nitrogens with zero attached hydrogens (tertiary/aromatic N) is 1. The average molecular weight is 391 g/mol. The van der Waals surface area contributed by atoms with Gasteiger partial charge < -0.3 is 9.84 Å². The molecular formula is C24H25NO4. The van der Waals surface area contributed by atoms with E-state index in [1.165, 1.54) is 16.0 Å². The zero-order valence-electron chi connectivity index (χ0n) is 16.3. The third kappa shape index (κ3) is 3.18. The molecule has 2 saturated carbocycles. The SMILES string of the molecule is O=C(O)C(C1CCC1)N(C(=O)OCC1c2ccccc2-c2ccccc21)C1CC1. The molecule has 1 atom stereocenters. The maximum Gasteiger partial charge on any atom is 0.410 e.